The van der Waals surface area contributed by atoms with Crippen molar-refractivity contribution in [1.29, 1.82) is 0 Å². The van der Waals surface area contributed by atoms with Crippen molar-refractivity contribution in [3.8, 4) is 16.9 Å². The third-order valence-electron chi connectivity index (χ3n) is 6.95. The van der Waals surface area contributed by atoms with Crippen LogP contribution in [-0.4, -0.2) is 67.7 Å². The molecule has 1 heterocycles. The number of aromatic nitrogens is 2. The maximum atomic E-state index is 13.3. The molecule has 0 saturated heterocycles. The number of nitrogens with zero attached hydrogens (tertiary/aromatic N) is 3. The molecule has 0 bridgehead atoms. The van der Waals surface area contributed by atoms with Crippen LogP contribution in [0.3, 0.4) is 0 Å². The Morgan fingerprint density at radius 2 is 1.65 bits per heavy atom. The highest BCUT2D eigenvalue weighted by molar-refractivity contribution is 7.90. The Labute approximate surface area is 253 Å². The molecule has 4 N–H and O–H groups in total. The van der Waals surface area contributed by atoms with Gasteiger partial charge in [-0.25, -0.2) is 13.1 Å². The first kappa shape index (κ1) is 30.0. The van der Waals surface area contributed by atoms with Gasteiger partial charge in [0.2, 0.25) is 5.91 Å². The van der Waals surface area contributed by atoms with Crippen molar-refractivity contribution in [3.63, 3.8) is 0 Å². The molecule has 0 atom stereocenters. The van der Waals surface area contributed by atoms with Gasteiger partial charge in [0.05, 0.1) is 33.4 Å². The van der Waals surface area contributed by atoms with Crippen LogP contribution in [0.1, 0.15) is 32.0 Å². The summed E-state index contributed by atoms with van der Waals surface area (Å²) in [5, 5.41) is 10.3. The largest absolute Gasteiger partial charge is 0.364 e. The number of carbonyl (C=O) groups excluding carboxylic acids is 3. The minimum absolute atomic E-state index is 0.127. The van der Waals surface area contributed by atoms with E-state index in [2.05, 4.69) is 15.7 Å². The van der Waals surface area contributed by atoms with Gasteiger partial charge in [-0.05, 0) is 87.1 Å². The van der Waals surface area contributed by atoms with Gasteiger partial charge in [0.15, 0.2) is 15.5 Å². The quantitative estimate of drug-likeness (QED) is 0.272. The summed E-state index contributed by atoms with van der Waals surface area (Å²) in [7, 11) is 0.143. The Morgan fingerprint density at radius 1 is 0.977 bits per heavy atom. The van der Waals surface area contributed by atoms with E-state index in [-0.39, 0.29) is 33.6 Å². The number of fused-ring (bicyclic) bond motifs is 3. The molecule has 0 spiro atoms. The predicted molar refractivity (Wildman–Crippen MR) is 165 cm³/mol. The van der Waals surface area contributed by atoms with E-state index in [9.17, 15) is 22.8 Å². The fourth-order valence-electron chi connectivity index (χ4n) is 5.00. The fraction of sp³-hybridized carbons (Fsp3) is 0.200. The number of carbonyl (C=O) groups is 3. The van der Waals surface area contributed by atoms with Crippen LogP contribution < -0.4 is 16.4 Å². The minimum atomic E-state index is -3.41. The van der Waals surface area contributed by atoms with Gasteiger partial charge >= 0.3 is 0 Å². The number of anilines is 2. The zero-order chi connectivity index (χ0) is 31.1. The molecule has 13 heteroatoms. The Bertz CT molecular complexity index is 1880. The number of sulfone groups is 1. The molecule has 0 aliphatic heterocycles. The Balaban J connectivity index is 1.50. The first-order valence-electron chi connectivity index (χ1n) is 13.2. The first-order valence-corrected chi connectivity index (χ1v) is 15.5. The molecule has 1 aliphatic carbocycles. The summed E-state index contributed by atoms with van der Waals surface area (Å²) in [6, 6.07) is 16.3. The van der Waals surface area contributed by atoms with Crippen LogP contribution in [0.4, 0.5) is 11.4 Å². The van der Waals surface area contributed by atoms with E-state index in [4.69, 9.17) is 17.3 Å². The van der Waals surface area contributed by atoms with Crippen molar-refractivity contribution in [2.24, 2.45) is 5.73 Å². The maximum absolute atomic E-state index is 13.3. The molecule has 3 aromatic carbocycles. The smallest absolute Gasteiger partial charge is 0.269 e. The number of nitrogens with one attached hydrogen (secondary N) is 2. The average molecular weight is 621 g/mol. The van der Waals surface area contributed by atoms with Crippen molar-refractivity contribution in [1.82, 2.24) is 14.7 Å². The SMILES string of the molecule is CN(C)CC(=O)Nc1ccc(Cl)c(C(=O)Nc2ccc3c(c2)-c2c(c(C(N)=O)nn2-c2ccc(S(C)(=O)=O)cc2)CC3)c1. The van der Waals surface area contributed by atoms with Crippen LogP contribution in [0.2, 0.25) is 5.02 Å². The summed E-state index contributed by atoms with van der Waals surface area (Å²) in [5.74, 6) is -1.39. The monoisotopic (exact) mass is 620 g/mol. The van der Waals surface area contributed by atoms with Crippen molar-refractivity contribution in [3.05, 3.63) is 88.1 Å². The highest BCUT2D eigenvalue weighted by atomic mass is 35.5. The number of likely N-dealkylation sites (N-methyl/N-ethyl adjacent to an activating group) is 1. The first-order chi connectivity index (χ1) is 20.3. The van der Waals surface area contributed by atoms with Crippen LogP contribution in [0.25, 0.3) is 16.9 Å². The van der Waals surface area contributed by atoms with E-state index in [1.165, 1.54) is 18.2 Å². The number of primary amides is 1. The molecule has 11 nitrogen and oxygen atoms in total. The second kappa shape index (κ2) is 11.6. The lowest BCUT2D eigenvalue weighted by Gasteiger charge is -2.20. The zero-order valence-electron chi connectivity index (χ0n) is 23.6. The lowest BCUT2D eigenvalue weighted by Crippen LogP contribution is -2.27. The molecule has 1 aliphatic rings. The van der Waals surface area contributed by atoms with Gasteiger partial charge in [-0.15, -0.1) is 0 Å². The molecule has 4 aromatic rings. The normalized spacial score (nSPS) is 12.4. The summed E-state index contributed by atoms with van der Waals surface area (Å²) in [6.07, 6.45) is 2.27. The molecule has 222 valence electrons. The molecule has 3 amide bonds. The minimum Gasteiger partial charge on any atom is -0.364 e. The Hall–Kier alpha value is -4.52. The number of benzene rings is 3. The summed E-state index contributed by atoms with van der Waals surface area (Å²) in [4.78, 5) is 39.7. The molecule has 5 rings (SSSR count). The van der Waals surface area contributed by atoms with Gasteiger partial charge < -0.3 is 21.3 Å². The average Bonchev–Trinajstić information content (AvgIpc) is 3.34. The Morgan fingerprint density at radius 3 is 2.30 bits per heavy atom. The molecule has 43 heavy (non-hydrogen) atoms. The standard InChI is InChI=1S/C30H29ClN6O5S/c1-36(2)16-26(38)33-18-7-13-25(31)24(15-18)30(40)34-19-6-4-17-5-12-22-27(29(32)39)35-37(28(22)23(17)14-19)20-8-10-21(11-9-20)43(3,41)42/h4,6-11,13-15H,5,12,16H2,1-3H3,(H2,32,39)(H,33,38)(H,34,40). The third kappa shape index (κ3) is 6.31. The summed E-state index contributed by atoms with van der Waals surface area (Å²) >= 11 is 6.35. The lowest BCUT2D eigenvalue weighted by atomic mass is 9.88. The van der Waals surface area contributed by atoms with Crippen LogP contribution in [0.15, 0.2) is 65.6 Å². The van der Waals surface area contributed by atoms with E-state index in [1.54, 1.807) is 60.1 Å². The van der Waals surface area contributed by atoms with E-state index in [0.29, 0.717) is 41.2 Å². The molecule has 1 aromatic heterocycles. The van der Waals surface area contributed by atoms with E-state index >= 15 is 0 Å². The summed E-state index contributed by atoms with van der Waals surface area (Å²) in [6.45, 7) is 0.178. The number of halogens is 1. The van der Waals surface area contributed by atoms with Gasteiger partial charge in [-0.1, -0.05) is 17.7 Å². The number of aryl methyl sites for hydroxylation is 1. The van der Waals surface area contributed by atoms with Gasteiger partial charge in [-0.2, -0.15) is 5.10 Å². The van der Waals surface area contributed by atoms with Crippen molar-refractivity contribution in [2.45, 2.75) is 17.7 Å². The maximum Gasteiger partial charge on any atom is 0.269 e. The molecular weight excluding hydrogens is 592 g/mol. The number of rotatable bonds is 8. The fourth-order valence-corrected chi connectivity index (χ4v) is 5.83. The molecule has 0 radical (unpaired) electrons. The van der Waals surface area contributed by atoms with Gasteiger partial charge in [0.1, 0.15) is 0 Å². The lowest BCUT2D eigenvalue weighted by molar-refractivity contribution is -0.116. The van der Waals surface area contributed by atoms with Gasteiger partial charge in [0, 0.05) is 28.8 Å². The van der Waals surface area contributed by atoms with Crippen LogP contribution >= 0.6 is 11.6 Å². The molecular formula is C30H29ClN6O5S. The van der Waals surface area contributed by atoms with Crippen molar-refractivity contribution < 1.29 is 22.8 Å². The van der Waals surface area contributed by atoms with Crippen LogP contribution in [0, 0.1) is 0 Å². The van der Waals surface area contributed by atoms with Gasteiger partial charge in [-0.3, -0.25) is 14.4 Å². The zero-order valence-corrected chi connectivity index (χ0v) is 25.2. The second-order valence-electron chi connectivity index (χ2n) is 10.5. The van der Waals surface area contributed by atoms with E-state index in [0.717, 1.165) is 17.4 Å². The highest BCUT2D eigenvalue weighted by Gasteiger charge is 2.28. The highest BCUT2D eigenvalue weighted by Crippen LogP contribution is 2.38. The number of hydrogen-bond donors (Lipinski definition) is 3. The van der Waals surface area contributed by atoms with E-state index in [1.807, 2.05) is 6.07 Å². The van der Waals surface area contributed by atoms with Crippen molar-refractivity contribution in [2.75, 3.05) is 37.5 Å². The number of amides is 3. The van der Waals surface area contributed by atoms with Crippen LogP contribution in [-0.2, 0) is 27.5 Å². The third-order valence-corrected chi connectivity index (χ3v) is 8.41. The summed E-state index contributed by atoms with van der Waals surface area (Å²) < 4.78 is 25.5. The topological polar surface area (TPSA) is 156 Å². The number of nitrogens with two attached hydrogens (primary N) is 1. The van der Waals surface area contributed by atoms with E-state index < -0.39 is 21.7 Å². The predicted octanol–water partition coefficient (Wildman–Crippen LogP) is 3.55. The van der Waals surface area contributed by atoms with Crippen LogP contribution in [0.5, 0.6) is 0 Å². The molecule has 0 saturated carbocycles. The second-order valence-corrected chi connectivity index (χ2v) is 12.9. The van der Waals surface area contributed by atoms with Gasteiger partial charge in [0.25, 0.3) is 11.8 Å². The van der Waals surface area contributed by atoms with Crippen molar-refractivity contribution >= 4 is 50.5 Å². The summed E-state index contributed by atoms with van der Waals surface area (Å²) in [5.41, 5.74) is 10.4. The molecule has 0 unspecified atom stereocenters. The molecule has 0 fully saturated rings. The number of hydrogen-bond acceptors (Lipinski definition) is 7. The Kier molecular flexibility index (Phi) is 8.10.